The van der Waals surface area contributed by atoms with Gasteiger partial charge in [-0.25, -0.2) is 0 Å². The van der Waals surface area contributed by atoms with Gasteiger partial charge >= 0.3 is 0 Å². The highest BCUT2D eigenvalue weighted by atomic mass is 28.4. The Morgan fingerprint density at radius 1 is 0.643 bits per heavy atom. The van der Waals surface area contributed by atoms with Crippen molar-refractivity contribution in [2.45, 2.75) is 71.4 Å². The maximum Gasteiger partial charge on any atom is 0.261 e. The lowest BCUT2D eigenvalue weighted by Gasteiger charge is -2.43. The van der Waals surface area contributed by atoms with Crippen molar-refractivity contribution in [2.24, 2.45) is 0 Å². The van der Waals surface area contributed by atoms with E-state index in [0.29, 0.717) is 6.61 Å². The molecule has 42 heavy (non-hydrogen) atoms. The zero-order chi connectivity index (χ0) is 29.7. The van der Waals surface area contributed by atoms with E-state index in [1.54, 1.807) is 0 Å². The van der Waals surface area contributed by atoms with Gasteiger partial charge in [-0.1, -0.05) is 138 Å². The first kappa shape index (κ1) is 31.6. The second-order valence-electron chi connectivity index (χ2n) is 12.2. The van der Waals surface area contributed by atoms with Crippen molar-refractivity contribution in [2.75, 3.05) is 24.6 Å². The summed E-state index contributed by atoms with van der Waals surface area (Å²) < 4.78 is 13.3. The topological polar surface area (TPSA) is 21.7 Å². The van der Waals surface area contributed by atoms with Crippen LogP contribution in [0.1, 0.15) is 65.4 Å². The summed E-state index contributed by atoms with van der Waals surface area (Å²) >= 11 is 0. The molecule has 0 atom stereocenters. The third-order valence-corrected chi connectivity index (χ3v) is 13.1. The van der Waals surface area contributed by atoms with Crippen LogP contribution in [-0.4, -0.2) is 28.0 Å². The number of hydrogen-bond acceptors (Lipinski definition) is 3. The number of anilines is 1. The van der Waals surface area contributed by atoms with Gasteiger partial charge in [-0.05, 0) is 52.4 Å². The van der Waals surface area contributed by atoms with Crippen molar-refractivity contribution in [1.82, 2.24) is 0 Å². The second kappa shape index (κ2) is 15.8. The minimum absolute atomic E-state index is 0.00207. The Morgan fingerprint density at radius 2 is 1.21 bits per heavy atom. The van der Waals surface area contributed by atoms with E-state index in [1.165, 1.54) is 40.9 Å². The van der Waals surface area contributed by atoms with Crippen molar-refractivity contribution in [3.63, 3.8) is 0 Å². The Morgan fingerprint density at radius 3 is 1.79 bits per heavy atom. The monoisotopic (exact) mass is 579 g/mol. The highest BCUT2D eigenvalue weighted by molar-refractivity contribution is 6.99. The van der Waals surface area contributed by atoms with Crippen LogP contribution in [-0.2, 0) is 11.0 Å². The van der Waals surface area contributed by atoms with Crippen LogP contribution in [0.2, 0.25) is 5.04 Å². The minimum Gasteiger partial charge on any atom is -0.489 e. The fourth-order valence-corrected chi connectivity index (χ4v) is 10.4. The van der Waals surface area contributed by atoms with E-state index >= 15 is 0 Å². The number of hydrogen-bond donors (Lipinski definition) is 0. The Kier molecular flexibility index (Phi) is 11.9. The van der Waals surface area contributed by atoms with Gasteiger partial charge in [0.05, 0.1) is 0 Å². The Labute approximate surface area is 255 Å². The largest absolute Gasteiger partial charge is 0.489 e. The maximum atomic E-state index is 7.15. The number of rotatable bonds is 16. The molecular formula is C38H49NO2Si. The molecule has 0 bridgehead atoms. The lowest BCUT2D eigenvalue weighted by atomic mass is 10.2. The fraction of sp³-hybridized carbons (Fsp3) is 0.368. The van der Waals surface area contributed by atoms with Crippen molar-refractivity contribution in [3.05, 3.63) is 121 Å². The molecule has 4 aromatic rings. The van der Waals surface area contributed by atoms with Crippen LogP contribution in [0.25, 0.3) is 0 Å². The molecule has 0 amide bonds. The molecule has 222 valence electrons. The number of unbranched alkanes of at least 4 members (excludes halogenated alkanes) is 3. The van der Waals surface area contributed by atoms with E-state index in [2.05, 4.69) is 142 Å². The molecule has 0 saturated carbocycles. The summed E-state index contributed by atoms with van der Waals surface area (Å²) in [5.41, 5.74) is 2.42. The van der Waals surface area contributed by atoms with E-state index in [0.717, 1.165) is 38.3 Å². The lowest BCUT2D eigenvalue weighted by molar-refractivity contribution is 0.288. The van der Waals surface area contributed by atoms with Gasteiger partial charge in [0.1, 0.15) is 12.4 Å². The maximum absolute atomic E-state index is 7.15. The quantitative estimate of drug-likeness (QED) is 0.0980. The van der Waals surface area contributed by atoms with Gasteiger partial charge in [0.2, 0.25) is 0 Å². The lowest BCUT2D eigenvalue weighted by Crippen LogP contribution is -2.66. The second-order valence-corrected chi connectivity index (χ2v) is 16.5. The normalized spacial score (nSPS) is 11.8. The van der Waals surface area contributed by atoms with Crippen LogP contribution < -0.4 is 20.0 Å². The molecule has 0 aliphatic heterocycles. The van der Waals surface area contributed by atoms with Gasteiger partial charge < -0.3 is 14.1 Å². The van der Waals surface area contributed by atoms with E-state index in [-0.39, 0.29) is 5.04 Å². The molecule has 0 spiro atoms. The molecular weight excluding hydrogens is 531 g/mol. The fourth-order valence-electron chi connectivity index (χ4n) is 5.83. The molecule has 0 fully saturated rings. The van der Waals surface area contributed by atoms with Crippen LogP contribution in [0, 0.1) is 0 Å². The predicted molar refractivity (Wildman–Crippen MR) is 182 cm³/mol. The van der Waals surface area contributed by atoms with Crippen molar-refractivity contribution < 1.29 is 9.16 Å². The summed E-state index contributed by atoms with van der Waals surface area (Å²) in [6.07, 6.45) is 5.78. The number of benzene rings is 4. The zero-order valence-corrected chi connectivity index (χ0v) is 27.1. The molecule has 3 nitrogen and oxygen atoms in total. The standard InChI is InChI=1S/C38H49NO2Si/c1-5-6-16-28-39(34-22-19-23-35(31-34)40-32-33-20-10-7-11-21-33)29-17-18-30-41-42(38(2,3)4,36-24-12-8-13-25-36)37-26-14-9-15-27-37/h7-15,19-27,31H,5-6,16-18,28-30,32H2,1-4H3. The molecule has 0 saturated heterocycles. The van der Waals surface area contributed by atoms with Gasteiger partial charge in [-0.2, -0.15) is 0 Å². The summed E-state index contributed by atoms with van der Waals surface area (Å²) in [4.78, 5) is 2.54. The van der Waals surface area contributed by atoms with Gasteiger partial charge in [0, 0.05) is 31.5 Å². The van der Waals surface area contributed by atoms with Crippen molar-refractivity contribution in [1.29, 1.82) is 0 Å². The Hall–Kier alpha value is -3.34. The molecule has 4 heteroatoms. The summed E-state index contributed by atoms with van der Waals surface area (Å²) in [5, 5.41) is 2.69. The summed E-state index contributed by atoms with van der Waals surface area (Å²) in [6, 6.07) is 40.9. The highest BCUT2D eigenvalue weighted by Crippen LogP contribution is 2.37. The molecule has 0 N–H and O–H groups in total. The van der Waals surface area contributed by atoms with Crippen LogP contribution in [0.4, 0.5) is 5.69 Å². The first-order valence-corrected chi connectivity index (χ1v) is 17.6. The van der Waals surface area contributed by atoms with Gasteiger partial charge in [-0.15, -0.1) is 0 Å². The molecule has 0 aliphatic rings. The van der Waals surface area contributed by atoms with Gasteiger partial charge in [0.15, 0.2) is 0 Å². The summed E-state index contributed by atoms with van der Waals surface area (Å²) in [5.74, 6) is 0.923. The minimum atomic E-state index is -2.49. The summed E-state index contributed by atoms with van der Waals surface area (Å²) in [6.45, 7) is 12.7. The molecule has 0 heterocycles. The molecule has 0 unspecified atom stereocenters. The van der Waals surface area contributed by atoms with Gasteiger partial charge in [-0.3, -0.25) is 0 Å². The number of nitrogens with zero attached hydrogens (tertiary/aromatic N) is 1. The smallest absolute Gasteiger partial charge is 0.261 e. The average Bonchev–Trinajstić information content (AvgIpc) is 3.02. The SMILES string of the molecule is CCCCCN(CCCCO[Si](c1ccccc1)(c1ccccc1)C(C)(C)C)c1cccc(OCc2ccccc2)c1. The first-order valence-electron chi connectivity index (χ1n) is 15.7. The summed E-state index contributed by atoms with van der Waals surface area (Å²) in [7, 11) is -2.49. The predicted octanol–water partition coefficient (Wildman–Crippen LogP) is 8.62. The third-order valence-electron chi connectivity index (χ3n) is 8.02. The zero-order valence-electron chi connectivity index (χ0n) is 26.1. The van der Waals surface area contributed by atoms with E-state index in [1.807, 2.05) is 6.07 Å². The van der Waals surface area contributed by atoms with Crippen LogP contribution in [0.5, 0.6) is 5.75 Å². The highest BCUT2D eigenvalue weighted by Gasteiger charge is 2.49. The van der Waals surface area contributed by atoms with Crippen molar-refractivity contribution >= 4 is 24.4 Å². The average molecular weight is 580 g/mol. The van der Waals surface area contributed by atoms with E-state index < -0.39 is 8.32 Å². The molecule has 4 rings (SSSR count). The third kappa shape index (κ3) is 8.36. The molecule has 4 aromatic carbocycles. The molecule has 0 radical (unpaired) electrons. The van der Waals surface area contributed by atoms with Gasteiger partial charge in [0.25, 0.3) is 8.32 Å². The molecule has 0 aliphatic carbocycles. The first-order chi connectivity index (χ1) is 20.4. The van der Waals surface area contributed by atoms with Crippen LogP contribution in [0.15, 0.2) is 115 Å². The van der Waals surface area contributed by atoms with Crippen LogP contribution in [0.3, 0.4) is 0 Å². The number of ether oxygens (including phenoxy) is 1. The Bertz CT molecular complexity index is 1270. The van der Waals surface area contributed by atoms with E-state index in [4.69, 9.17) is 9.16 Å². The van der Waals surface area contributed by atoms with E-state index in [9.17, 15) is 0 Å². The molecule has 0 aromatic heterocycles. The van der Waals surface area contributed by atoms with Crippen LogP contribution >= 0.6 is 0 Å². The Balaban J connectivity index is 1.43. The van der Waals surface area contributed by atoms with Crippen molar-refractivity contribution in [3.8, 4) is 5.75 Å².